The van der Waals surface area contributed by atoms with Crippen LogP contribution in [0.1, 0.15) is 35.7 Å². The summed E-state index contributed by atoms with van der Waals surface area (Å²) in [7, 11) is 1.57. The van der Waals surface area contributed by atoms with Crippen molar-refractivity contribution in [2.45, 2.75) is 26.3 Å². The van der Waals surface area contributed by atoms with Gasteiger partial charge in [0.25, 0.3) is 5.91 Å². The Balaban J connectivity index is 1.59. The van der Waals surface area contributed by atoms with E-state index in [1.54, 1.807) is 44.0 Å². The average molecular weight is 380 g/mol. The second-order valence-corrected chi connectivity index (χ2v) is 6.24. The minimum absolute atomic E-state index is 0.183. The second-order valence-electron chi connectivity index (χ2n) is 6.24. The number of imidazole rings is 1. The van der Waals surface area contributed by atoms with Crippen LogP contribution in [0.4, 0.5) is 0 Å². The smallest absolute Gasteiger partial charge is 0.251 e. The molecule has 0 atom stereocenters. The third-order valence-electron chi connectivity index (χ3n) is 4.21. The molecular weight excluding hydrogens is 356 g/mol. The van der Waals surface area contributed by atoms with Crippen LogP contribution in [0.25, 0.3) is 5.82 Å². The van der Waals surface area contributed by atoms with Crippen molar-refractivity contribution >= 4 is 5.91 Å². The van der Waals surface area contributed by atoms with Crippen LogP contribution < -0.4 is 14.8 Å². The van der Waals surface area contributed by atoms with E-state index >= 15 is 0 Å². The van der Waals surface area contributed by atoms with E-state index in [2.05, 4.69) is 22.2 Å². The summed E-state index contributed by atoms with van der Waals surface area (Å²) in [6.45, 7) is 3.11. The zero-order valence-electron chi connectivity index (χ0n) is 16.1. The van der Waals surface area contributed by atoms with Crippen LogP contribution >= 0.6 is 0 Å². The van der Waals surface area contributed by atoms with Crippen molar-refractivity contribution in [2.75, 3.05) is 13.7 Å². The molecule has 0 aliphatic carbocycles. The first kappa shape index (κ1) is 19.4. The predicted octanol–water partition coefficient (Wildman–Crippen LogP) is 3.38. The van der Waals surface area contributed by atoms with E-state index in [9.17, 15) is 4.79 Å². The Hall–Kier alpha value is -3.35. The fraction of sp³-hybridized carbons (Fsp3) is 0.286. The number of methoxy groups -OCH3 is 1. The standard InChI is InChI=1S/C21H24N4O3/c1-3-4-11-28-18-7-6-17(12-19(18)27-2)21(26)24-14-16-5-8-20(23-13-16)25-10-9-22-15-25/h5-10,12-13,15H,3-4,11,14H2,1-2H3,(H,24,26). The summed E-state index contributed by atoms with van der Waals surface area (Å²) < 4.78 is 12.9. The number of pyridine rings is 1. The summed E-state index contributed by atoms with van der Waals surface area (Å²) in [5.74, 6) is 1.79. The molecule has 0 saturated carbocycles. The first-order valence-electron chi connectivity index (χ1n) is 9.23. The molecule has 7 heteroatoms. The molecule has 3 rings (SSSR count). The van der Waals surface area contributed by atoms with Gasteiger partial charge >= 0.3 is 0 Å². The Morgan fingerprint density at radius 3 is 2.79 bits per heavy atom. The van der Waals surface area contributed by atoms with Crippen molar-refractivity contribution in [2.24, 2.45) is 0 Å². The van der Waals surface area contributed by atoms with Gasteiger partial charge in [-0.3, -0.25) is 9.36 Å². The van der Waals surface area contributed by atoms with Crippen molar-refractivity contribution < 1.29 is 14.3 Å². The molecule has 0 spiro atoms. The molecule has 1 N–H and O–H groups in total. The first-order chi connectivity index (χ1) is 13.7. The number of carbonyl (C=O) groups is 1. The molecule has 0 bridgehead atoms. The van der Waals surface area contributed by atoms with Crippen LogP contribution in [-0.2, 0) is 6.54 Å². The molecule has 2 aromatic heterocycles. The van der Waals surface area contributed by atoms with Crippen LogP contribution in [0.2, 0.25) is 0 Å². The maximum Gasteiger partial charge on any atom is 0.251 e. The van der Waals surface area contributed by atoms with Crippen molar-refractivity contribution in [3.8, 4) is 17.3 Å². The molecular formula is C21H24N4O3. The third kappa shape index (κ3) is 4.88. The molecule has 1 aromatic carbocycles. The molecule has 0 saturated heterocycles. The van der Waals surface area contributed by atoms with Gasteiger partial charge in [-0.15, -0.1) is 0 Å². The fourth-order valence-electron chi connectivity index (χ4n) is 2.61. The van der Waals surface area contributed by atoms with Crippen LogP contribution in [0.15, 0.2) is 55.2 Å². The number of amides is 1. The van der Waals surface area contributed by atoms with Gasteiger partial charge in [-0.1, -0.05) is 19.4 Å². The van der Waals surface area contributed by atoms with Gasteiger partial charge in [0, 0.05) is 30.7 Å². The van der Waals surface area contributed by atoms with Crippen LogP contribution in [0.3, 0.4) is 0 Å². The molecule has 0 fully saturated rings. The number of benzene rings is 1. The summed E-state index contributed by atoms with van der Waals surface area (Å²) in [5, 5.41) is 2.90. The molecule has 2 heterocycles. The summed E-state index contributed by atoms with van der Waals surface area (Å²) in [6, 6.07) is 9.00. The van der Waals surface area contributed by atoms with Crippen molar-refractivity contribution in [1.29, 1.82) is 0 Å². The number of hydrogen-bond acceptors (Lipinski definition) is 5. The average Bonchev–Trinajstić information content (AvgIpc) is 3.27. The van der Waals surface area contributed by atoms with Gasteiger partial charge in [-0.2, -0.15) is 0 Å². The van der Waals surface area contributed by atoms with E-state index in [1.807, 2.05) is 22.9 Å². The van der Waals surface area contributed by atoms with Gasteiger partial charge in [-0.25, -0.2) is 9.97 Å². The number of rotatable bonds is 9. The molecule has 7 nitrogen and oxygen atoms in total. The zero-order chi connectivity index (χ0) is 19.8. The SMILES string of the molecule is CCCCOc1ccc(C(=O)NCc2ccc(-n3ccnc3)nc2)cc1OC. The molecule has 3 aromatic rings. The molecule has 0 aliphatic rings. The van der Waals surface area contributed by atoms with E-state index in [0.29, 0.717) is 30.2 Å². The Labute approximate surface area is 164 Å². The summed E-state index contributed by atoms with van der Waals surface area (Å²) in [4.78, 5) is 20.9. The minimum atomic E-state index is -0.183. The van der Waals surface area contributed by atoms with E-state index in [4.69, 9.17) is 9.47 Å². The predicted molar refractivity (Wildman–Crippen MR) is 106 cm³/mol. The largest absolute Gasteiger partial charge is 0.493 e. The first-order valence-corrected chi connectivity index (χ1v) is 9.23. The van der Waals surface area contributed by atoms with E-state index < -0.39 is 0 Å². The van der Waals surface area contributed by atoms with Gasteiger partial charge in [0.1, 0.15) is 12.1 Å². The van der Waals surface area contributed by atoms with Gasteiger partial charge in [0.15, 0.2) is 11.5 Å². The highest BCUT2D eigenvalue weighted by Gasteiger charge is 2.11. The monoisotopic (exact) mass is 380 g/mol. The zero-order valence-corrected chi connectivity index (χ0v) is 16.1. The fourth-order valence-corrected chi connectivity index (χ4v) is 2.61. The number of carbonyl (C=O) groups excluding carboxylic acids is 1. The molecule has 0 unspecified atom stereocenters. The number of unbranched alkanes of at least 4 members (excludes halogenated alkanes) is 1. The topological polar surface area (TPSA) is 78.3 Å². The maximum absolute atomic E-state index is 12.5. The maximum atomic E-state index is 12.5. The Morgan fingerprint density at radius 1 is 1.21 bits per heavy atom. The second kappa shape index (κ2) is 9.55. The normalized spacial score (nSPS) is 10.5. The number of nitrogens with zero attached hydrogens (tertiary/aromatic N) is 3. The van der Waals surface area contributed by atoms with Crippen molar-refractivity contribution in [1.82, 2.24) is 19.9 Å². The lowest BCUT2D eigenvalue weighted by atomic mass is 10.1. The Bertz CT molecular complexity index is 893. The van der Waals surface area contributed by atoms with E-state index in [-0.39, 0.29) is 5.91 Å². The summed E-state index contributed by atoms with van der Waals surface area (Å²) >= 11 is 0. The molecule has 28 heavy (non-hydrogen) atoms. The highest BCUT2D eigenvalue weighted by atomic mass is 16.5. The van der Waals surface area contributed by atoms with Crippen molar-refractivity contribution in [3.63, 3.8) is 0 Å². The lowest BCUT2D eigenvalue weighted by molar-refractivity contribution is 0.0950. The number of ether oxygens (including phenoxy) is 2. The van der Waals surface area contributed by atoms with Gasteiger partial charge in [-0.05, 0) is 36.2 Å². The quantitative estimate of drug-likeness (QED) is 0.576. The summed E-state index contributed by atoms with van der Waals surface area (Å²) in [6.07, 6.45) is 8.98. The van der Waals surface area contributed by atoms with Crippen LogP contribution in [0.5, 0.6) is 11.5 Å². The van der Waals surface area contributed by atoms with Crippen molar-refractivity contribution in [3.05, 3.63) is 66.4 Å². The van der Waals surface area contributed by atoms with E-state index in [0.717, 1.165) is 24.2 Å². The molecule has 146 valence electrons. The highest BCUT2D eigenvalue weighted by molar-refractivity contribution is 5.94. The van der Waals surface area contributed by atoms with E-state index in [1.165, 1.54) is 0 Å². The minimum Gasteiger partial charge on any atom is -0.493 e. The molecule has 0 radical (unpaired) electrons. The van der Waals surface area contributed by atoms with Gasteiger partial charge in [0.2, 0.25) is 0 Å². The lowest BCUT2D eigenvalue weighted by Crippen LogP contribution is -2.23. The number of aromatic nitrogens is 3. The number of hydrogen-bond donors (Lipinski definition) is 1. The molecule has 0 aliphatic heterocycles. The number of nitrogens with one attached hydrogen (secondary N) is 1. The Morgan fingerprint density at radius 2 is 2.11 bits per heavy atom. The van der Waals surface area contributed by atoms with Crippen LogP contribution in [0, 0.1) is 0 Å². The lowest BCUT2D eigenvalue weighted by Gasteiger charge is -2.12. The molecule has 1 amide bonds. The summed E-state index contributed by atoms with van der Waals surface area (Å²) in [5.41, 5.74) is 1.42. The van der Waals surface area contributed by atoms with Gasteiger partial charge in [0.05, 0.1) is 13.7 Å². The highest BCUT2D eigenvalue weighted by Crippen LogP contribution is 2.28. The van der Waals surface area contributed by atoms with Gasteiger partial charge < -0.3 is 14.8 Å². The third-order valence-corrected chi connectivity index (χ3v) is 4.21. The van der Waals surface area contributed by atoms with Crippen LogP contribution in [-0.4, -0.2) is 34.2 Å². The Kier molecular flexibility index (Phi) is 6.62.